The van der Waals surface area contributed by atoms with Gasteiger partial charge >= 0.3 is 6.18 Å². The molecule has 0 bridgehead atoms. The molecule has 0 atom stereocenters. The third-order valence-electron chi connectivity index (χ3n) is 2.82. The van der Waals surface area contributed by atoms with E-state index in [-0.39, 0.29) is 5.56 Å². The fourth-order valence-corrected chi connectivity index (χ4v) is 1.65. The average Bonchev–Trinajstić information content (AvgIpc) is 2.42. The smallest absolute Gasteiger partial charge is 0.387 e. The number of rotatable bonds is 5. The van der Waals surface area contributed by atoms with Crippen LogP contribution in [0.3, 0.4) is 0 Å². The van der Waals surface area contributed by atoms with Crippen molar-refractivity contribution in [1.29, 1.82) is 0 Å². The van der Waals surface area contributed by atoms with Gasteiger partial charge in [-0.1, -0.05) is 0 Å². The van der Waals surface area contributed by atoms with E-state index >= 15 is 0 Å². The molecule has 0 aromatic heterocycles. The first kappa shape index (κ1) is 16.3. The molecule has 0 fully saturated rings. The van der Waals surface area contributed by atoms with Crippen LogP contribution in [0, 0.1) is 0 Å². The maximum atomic E-state index is 12.7. The zero-order valence-electron chi connectivity index (χ0n) is 11.5. The highest BCUT2D eigenvalue weighted by Gasteiger charge is 2.32. The molecule has 1 rings (SSSR count). The minimum atomic E-state index is -4.48. The number of ether oxygens (including phenoxy) is 1. The number of alkyl halides is 3. The lowest BCUT2D eigenvalue weighted by molar-refractivity contribution is -0.137. The van der Waals surface area contributed by atoms with Crippen LogP contribution in [0.15, 0.2) is 18.2 Å². The summed E-state index contributed by atoms with van der Waals surface area (Å²) in [6.07, 6.45) is -4.48. The highest BCUT2D eigenvalue weighted by atomic mass is 19.4. The van der Waals surface area contributed by atoms with E-state index in [4.69, 9.17) is 4.74 Å². The van der Waals surface area contributed by atoms with Crippen LogP contribution in [-0.4, -0.2) is 45.2 Å². The number of nitrogens with one attached hydrogen (secondary N) is 1. The molecule has 112 valence electrons. The molecular weight excluding hydrogens is 273 g/mol. The highest BCUT2D eigenvalue weighted by Crippen LogP contribution is 2.32. The first-order valence-electron chi connectivity index (χ1n) is 5.94. The number of halogens is 3. The summed E-state index contributed by atoms with van der Waals surface area (Å²) < 4.78 is 43.0. The van der Waals surface area contributed by atoms with Crippen LogP contribution < -0.4 is 5.32 Å². The van der Waals surface area contributed by atoms with Gasteiger partial charge in [0.15, 0.2) is 0 Å². The second-order valence-electron chi connectivity index (χ2n) is 4.23. The van der Waals surface area contributed by atoms with Crippen molar-refractivity contribution in [2.24, 2.45) is 0 Å². The molecule has 0 aliphatic heterocycles. The zero-order valence-corrected chi connectivity index (χ0v) is 11.5. The van der Waals surface area contributed by atoms with Crippen LogP contribution >= 0.6 is 0 Å². The Morgan fingerprint density at radius 1 is 1.40 bits per heavy atom. The fourth-order valence-electron chi connectivity index (χ4n) is 1.65. The number of methoxy groups -OCH3 is 1. The van der Waals surface area contributed by atoms with E-state index in [0.29, 0.717) is 18.8 Å². The number of amides is 1. The molecule has 0 heterocycles. The van der Waals surface area contributed by atoms with Gasteiger partial charge in [0.1, 0.15) is 0 Å². The zero-order chi connectivity index (χ0) is 15.3. The Bertz CT molecular complexity index is 475. The third kappa shape index (κ3) is 3.86. The molecule has 7 heteroatoms. The number of likely N-dealkylation sites (N-methyl/N-ethyl adjacent to an activating group) is 1. The minimum Gasteiger partial charge on any atom is -0.387 e. The van der Waals surface area contributed by atoms with Crippen molar-refractivity contribution >= 4 is 11.6 Å². The summed E-state index contributed by atoms with van der Waals surface area (Å²) >= 11 is 0. The van der Waals surface area contributed by atoms with Gasteiger partial charge < -0.3 is 15.0 Å². The third-order valence-corrected chi connectivity index (χ3v) is 2.82. The fraction of sp³-hybridized carbons (Fsp3) is 0.462. The summed E-state index contributed by atoms with van der Waals surface area (Å²) in [7, 11) is 4.55. The molecule has 0 radical (unpaired) electrons. The van der Waals surface area contributed by atoms with Crippen LogP contribution in [0.2, 0.25) is 0 Å². The van der Waals surface area contributed by atoms with E-state index in [1.54, 1.807) is 7.05 Å². The number of hydrogen-bond acceptors (Lipinski definition) is 3. The van der Waals surface area contributed by atoms with Gasteiger partial charge in [0.05, 0.1) is 17.7 Å². The molecule has 1 N–H and O–H groups in total. The van der Waals surface area contributed by atoms with E-state index in [9.17, 15) is 18.0 Å². The Kier molecular flexibility index (Phi) is 5.38. The molecule has 1 amide bonds. The largest absolute Gasteiger partial charge is 0.416 e. The number of carbonyl (C=O) groups excluding carboxylic acids is 1. The maximum Gasteiger partial charge on any atom is 0.416 e. The van der Waals surface area contributed by atoms with Gasteiger partial charge in [0.2, 0.25) is 0 Å². The van der Waals surface area contributed by atoms with Crippen LogP contribution in [0.5, 0.6) is 0 Å². The van der Waals surface area contributed by atoms with Gasteiger partial charge in [-0.05, 0) is 18.2 Å². The molecule has 0 saturated carbocycles. The molecule has 0 saturated heterocycles. The molecule has 0 spiro atoms. The Labute approximate surface area is 115 Å². The van der Waals surface area contributed by atoms with Crippen molar-refractivity contribution in [2.45, 2.75) is 6.18 Å². The van der Waals surface area contributed by atoms with Crippen molar-refractivity contribution in [3.05, 3.63) is 29.3 Å². The molecule has 1 aromatic carbocycles. The van der Waals surface area contributed by atoms with Crippen LogP contribution in [0.4, 0.5) is 18.9 Å². The van der Waals surface area contributed by atoms with Gasteiger partial charge in [0, 0.05) is 33.4 Å². The SMILES string of the molecule is CNc1ccc(C(F)(F)F)cc1C(=O)N(C)CCOC. The van der Waals surface area contributed by atoms with E-state index in [1.165, 1.54) is 25.1 Å². The topological polar surface area (TPSA) is 41.6 Å². The van der Waals surface area contributed by atoms with Crippen LogP contribution in [-0.2, 0) is 10.9 Å². The predicted molar refractivity (Wildman–Crippen MR) is 69.8 cm³/mol. The van der Waals surface area contributed by atoms with Gasteiger partial charge in [-0.15, -0.1) is 0 Å². The van der Waals surface area contributed by atoms with E-state index in [1.807, 2.05) is 0 Å². The average molecular weight is 290 g/mol. The summed E-state index contributed by atoms with van der Waals surface area (Å²) in [5.74, 6) is -0.488. The lowest BCUT2D eigenvalue weighted by Gasteiger charge is -2.19. The lowest BCUT2D eigenvalue weighted by Crippen LogP contribution is -2.30. The number of carbonyl (C=O) groups is 1. The Balaban J connectivity index is 3.10. The number of anilines is 1. The van der Waals surface area contributed by atoms with Gasteiger partial charge in [0.25, 0.3) is 5.91 Å². The Morgan fingerprint density at radius 3 is 2.55 bits per heavy atom. The molecule has 0 aliphatic carbocycles. The van der Waals surface area contributed by atoms with Gasteiger partial charge in [-0.25, -0.2) is 0 Å². The van der Waals surface area contributed by atoms with Crippen molar-refractivity contribution in [1.82, 2.24) is 4.90 Å². The number of benzene rings is 1. The first-order chi connectivity index (χ1) is 9.31. The van der Waals surface area contributed by atoms with Crippen molar-refractivity contribution in [2.75, 3.05) is 39.7 Å². The summed E-state index contributed by atoms with van der Waals surface area (Å²) in [5, 5.41) is 2.72. The second-order valence-corrected chi connectivity index (χ2v) is 4.23. The summed E-state index contributed by atoms with van der Waals surface area (Å²) in [4.78, 5) is 13.5. The van der Waals surface area contributed by atoms with Crippen LogP contribution in [0.1, 0.15) is 15.9 Å². The van der Waals surface area contributed by atoms with Crippen LogP contribution in [0.25, 0.3) is 0 Å². The van der Waals surface area contributed by atoms with Gasteiger partial charge in [-0.2, -0.15) is 13.2 Å². The first-order valence-corrected chi connectivity index (χ1v) is 5.94. The lowest BCUT2D eigenvalue weighted by atomic mass is 10.1. The molecule has 0 unspecified atom stereocenters. The predicted octanol–water partition coefficient (Wildman–Crippen LogP) is 2.47. The Hall–Kier alpha value is -1.76. The van der Waals surface area contributed by atoms with E-state index in [2.05, 4.69) is 5.32 Å². The van der Waals surface area contributed by atoms with Crippen molar-refractivity contribution < 1.29 is 22.7 Å². The summed E-state index contributed by atoms with van der Waals surface area (Å²) in [6.45, 7) is 0.616. The Morgan fingerprint density at radius 2 is 2.05 bits per heavy atom. The molecule has 20 heavy (non-hydrogen) atoms. The maximum absolute atomic E-state index is 12.7. The monoisotopic (exact) mass is 290 g/mol. The highest BCUT2D eigenvalue weighted by molar-refractivity contribution is 5.99. The minimum absolute atomic E-state index is 0.0130. The summed E-state index contributed by atoms with van der Waals surface area (Å²) in [5.41, 5.74) is -0.506. The second kappa shape index (κ2) is 6.60. The van der Waals surface area contributed by atoms with E-state index in [0.717, 1.165) is 12.1 Å². The normalized spacial score (nSPS) is 11.3. The number of nitrogens with zero attached hydrogens (tertiary/aromatic N) is 1. The molecule has 4 nitrogen and oxygen atoms in total. The number of hydrogen-bond donors (Lipinski definition) is 1. The standard InChI is InChI=1S/C13H17F3N2O2/c1-17-11-5-4-9(13(14,15)16)8-10(11)12(19)18(2)6-7-20-3/h4-5,8,17H,6-7H2,1-3H3. The molecular formula is C13H17F3N2O2. The van der Waals surface area contributed by atoms with E-state index < -0.39 is 17.6 Å². The van der Waals surface area contributed by atoms with Crippen molar-refractivity contribution in [3.8, 4) is 0 Å². The van der Waals surface area contributed by atoms with Crippen molar-refractivity contribution in [3.63, 3.8) is 0 Å². The molecule has 0 aliphatic rings. The summed E-state index contributed by atoms with van der Waals surface area (Å²) in [6, 6.07) is 3.05. The quantitative estimate of drug-likeness (QED) is 0.905. The molecule has 1 aromatic rings. The van der Waals surface area contributed by atoms with Gasteiger partial charge in [-0.3, -0.25) is 4.79 Å².